The van der Waals surface area contributed by atoms with Crippen molar-refractivity contribution >= 4 is 11.9 Å². The van der Waals surface area contributed by atoms with E-state index in [9.17, 15) is 14.7 Å². The third-order valence-electron chi connectivity index (χ3n) is 6.03. The van der Waals surface area contributed by atoms with Crippen molar-refractivity contribution in [3.8, 4) is 5.75 Å². The second kappa shape index (κ2) is 12.9. The lowest BCUT2D eigenvalue weighted by atomic mass is 9.81. The second-order valence-corrected chi connectivity index (χ2v) is 10.3. The van der Waals surface area contributed by atoms with Crippen LogP contribution in [0, 0.1) is 17.8 Å². The molecule has 1 rings (SSSR count). The highest BCUT2D eigenvalue weighted by Crippen LogP contribution is 2.34. The number of aliphatic carboxylic acids is 1. The zero-order chi connectivity index (χ0) is 25.3. The van der Waals surface area contributed by atoms with Gasteiger partial charge < -0.3 is 25.4 Å². The predicted octanol–water partition coefficient (Wildman–Crippen LogP) is 3.93. The Bertz CT molecular complexity index is 771. The van der Waals surface area contributed by atoms with Crippen LogP contribution in [-0.4, -0.2) is 47.5 Å². The molecule has 0 heterocycles. The summed E-state index contributed by atoms with van der Waals surface area (Å²) in [7, 11) is 0. The Morgan fingerprint density at radius 3 is 2.27 bits per heavy atom. The van der Waals surface area contributed by atoms with Crippen LogP contribution in [-0.2, 0) is 26.2 Å². The van der Waals surface area contributed by atoms with Gasteiger partial charge in [0.1, 0.15) is 5.75 Å². The van der Waals surface area contributed by atoms with Gasteiger partial charge in [0, 0.05) is 6.04 Å². The van der Waals surface area contributed by atoms with Crippen LogP contribution in [0.25, 0.3) is 0 Å². The first-order valence-electron chi connectivity index (χ1n) is 11.8. The molecule has 0 aromatic heterocycles. The molecule has 0 aliphatic heterocycles. The van der Waals surface area contributed by atoms with Crippen LogP contribution in [0.5, 0.6) is 5.75 Å². The maximum absolute atomic E-state index is 11.8. The average Bonchev–Trinajstić information content (AvgIpc) is 2.70. The van der Waals surface area contributed by atoms with Gasteiger partial charge in [-0.2, -0.15) is 0 Å². The largest absolute Gasteiger partial charge is 0.482 e. The average molecular weight is 466 g/mol. The number of aliphatic hydroxyl groups is 1. The Labute approximate surface area is 198 Å². The molecule has 0 saturated heterocycles. The number of carboxylic acid groups (broad SMARTS) is 1. The van der Waals surface area contributed by atoms with E-state index in [0.29, 0.717) is 24.7 Å². The summed E-state index contributed by atoms with van der Waals surface area (Å²) in [6, 6.07) is 5.58. The zero-order valence-corrected chi connectivity index (χ0v) is 21.3. The van der Waals surface area contributed by atoms with E-state index in [-0.39, 0.29) is 24.4 Å². The monoisotopic (exact) mass is 465 g/mol. The summed E-state index contributed by atoms with van der Waals surface area (Å²) in [6.07, 6.45) is 0.565. The molecule has 7 nitrogen and oxygen atoms in total. The summed E-state index contributed by atoms with van der Waals surface area (Å²) in [4.78, 5) is 22.9. The molecular weight excluding hydrogens is 422 g/mol. The lowest BCUT2D eigenvalue weighted by Crippen LogP contribution is -2.39. The second-order valence-electron chi connectivity index (χ2n) is 10.3. The van der Waals surface area contributed by atoms with Crippen molar-refractivity contribution < 1.29 is 29.3 Å². The van der Waals surface area contributed by atoms with Crippen LogP contribution in [0.15, 0.2) is 18.2 Å². The zero-order valence-electron chi connectivity index (χ0n) is 21.3. The van der Waals surface area contributed by atoms with E-state index in [1.807, 2.05) is 12.1 Å². The first kappa shape index (κ1) is 28.9. The highest BCUT2D eigenvalue weighted by atomic mass is 16.6. The lowest BCUT2D eigenvalue weighted by Gasteiger charge is -2.28. The van der Waals surface area contributed by atoms with Crippen molar-refractivity contribution in [1.29, 1.82) is 0 Å². The van der Waals surface area contributed by atoms with E-state index >= 15 is 0 Å². The molecule has 7 heteroatoms. The molecule has 0 bridgehead atoms. The number of ether oxygens (including phenoxy) is 2. The van der Waals surface area contributed by atoms with E-state index in [4.69, 9.17) is 20.3 Å². The van der Waals surface area contributed by atoms with Gasteiger partial charge in [-0.1, -0.05) is 53.7 Å². The number of carboxylic acids is 1. The van der Waals surface area contributed by atoms with Crippen molar-refractivity contribution in [2.45, 2.75) is 85.3 Å². The molecule has 0 amide bonds. The minimum absolute atomic E-state index is 0.132. The third kappa shape index (κ3) is 9.72. The molecule has 0 radical (unpaired) electrons. The molecule has 0 aliphatic carbocycles. The number of aliphatic hydroxyl groups excluding tert-OH is 1. The number of carbonyl (C=O) groups is 2. The molecule has 4 N–H and O–H groups in total. The van der Waals surface area contributed by atoms with Crippen molar-refractivity contribution in [2.24, 2.45) is 23.5 Å². The van der Waals surface area contributed by atoms with Crippen LogP contribution >= 0.6 is 0 Å². The minimum atomic E-state index is -0.934. The fourth-order valence-corrected chi connectivity index (χ4v) is 3.81. The fraction of sp³-hybridized carbons (Fsp3) is 0.692. The van der Waals surface area contributed by atoms with Gasteiger partial charge in [-0.05, 0) is 60.6 Å². The normalized spacial score (nSPS) is 15.6. The van der Waals surface area contributed by atoms with Crippen LogP contribution in [0.3, 0.4) is 0 Å². The van der Waals surface area contributed by atoms with Crippen molar-refractivity contribution in [2.75, 3.05) is 13.2 Å². The van der Waals surface area contributed by atoms with Gasteiger partial charge in [0.2, 0.25) is 0 Å². The molecular formula is C26H43NO6. The maximum Gasteiger partial charge on any atom is 0.344 e. The SMILES string of the molecule is CCOC(=O)COc1cc(CC(CC(N)C(O)CC(C)C(=O)O)C(C)C)ccc1C(C)(C)C. The molecule has 0 saturated carbocycles. The summed E-state index contributed by atoms with van der Waals surface area (Å²) < 4.78 is 10.8. The number of carbonyl (C=O) groups excluding carboxylic acids is 1. The van der Waals surface area contributed by atoms with Crippen LogP contribution < -0.4 is 10.5 Å². The first-order chi connectivity index (χ1) is 15.3. The van der Waals surface area contributed by atoms with Crippen molar-refractivity contribution in [3.63, 3.8) is 0 Å². The number of nitrogens with two attached hydrogens (primary N) is 1. The summed E-state index contributed by atoms with van der Waals surface area (Å²) >= 11 is 0. The Kier molecular flexibility index (Phi) is 11.3. The number of hydrogen-bond donors (Lipinski definition) is 3. The predicted molar refractivity (Wildman–Crippen MR) is 129 cm³/mol. The summed E-state index contributed by atoms with van der Waals surface area (Å²) in [5.74, 6) is -0.823. The molecule has 33 heavy (non-hydrogen) atoms. The van der Waals surface area contributed by atoms with Gasteiger partial charge in [-0.15, -0.1) is 0 Å². The van der Waals surface area contributed by atoms with E-state index in [1.54, 1.807) is 13.8 Å². The lowest BCUT2D eigenvalue weighted by molar-refractivity contribution is -0.145. The van der Waals surface area contributed by atoms with Crippen molar-refractivity contribution in [3.05, 3.63) is 29.3 Å². The van der Waals surface area contributed by atoms with E-state index < -0.39 is 30.0 Å². The Balaban J connectivity index is 3.01. The van der Waals surface area contributed by atoms with E-state index in [1.165, 1.54) is 0 Å². The number of rotatable bonds is 13. The molecule has 188 valence electrons. The summed E-state index contributed by atoms with van der Waals surface area (Å²) in [5.41, 5.74) is 8.16. The standard InChI is InChI=1S/C26H43NO6/c1-8-32-24(29)15-33-23-13-18(9-10-20(23)26(5,6)7)12-19(16(2)3)14-21(27)22(28)11-17(4)25(30)31/h9-10,13,16-17,19,21-22,28H,8,11-12,14-15,27H2,1-7H3,(H,30,31). The summed E-state index contributed by atoms with van der Waals surface area (Å²) in [5, 5.41) is 19.5. The smallest absolute Gasteiger partial charge is 0.344 e. The molecule has 0 spiro atoms. The van der Waals surface area contributed by atoms with Gasteiger partial charge in [0.05, 0.1) is 18.6 Å². The molecule has 0 aliphatic rings. The van der Waals surface area contributed by atoms with Gasteiger partial charge >= 0.3 is 11.9 Å². The number of hydrogen-bond acceptors (Lipinski definition) is 6. The third-order valence-corrected chi connectivity index (χ3v) is 6.03. The van der Waals surface area contributed by atoms with Crippen molar-refractivity contribution in [1.82, 2.24) is 0 Å². The van der Waals surface area contributed by atoms with Crippen LogP contribution in [0.1, 0.15) is 72.4 Å². The van der Waals surface area contributed by atoms with Crippen LogP contribution in [0.4, 0.5) is 0 Å². The number of benzene rings is 1. The van der Waals surface area contributed by atoms with Crippen LogP contribution in [0.2, 0.25) is 0 Å². The quantitative estimate of drug-likeness (QED) is 0.378. The molecule has 1 aromatic rings. The first-order valence-corrected chi connectivity index (χ1v) is 11.8. The molecule has 1 aromatic carbocycles. The maximum atomic E-state index is 11.8. The van der Waals surface area contributed by atoms with E-state index in [2.05, 4.69) is 40.7 Å². The van der Waals surface area contributed by atoms with Gasteiger partial charge in [-0.25, -0.2) is 4.79 Å². The fourth-order valence-electron chi connectivity index (χ4n) is 3.81. The Morgan fingerprint density at radius 2 is 1.76 bits per heavy atom. The highest BCUT2D eigenvalue weighted by Gasteiger charge is 2.26. The minimum Gasteiger partial charge on any atom is -0.482 e. The van der Waals surface area contributed by atoms with Gasteiger partial charge in [0.15, 0.2) is 6.61 Å². The molecule has 4 atom stereocenters. The Morgan fingerprint density at radius 1 is 1.12 bits per heavy atom. The highest BCUT2D eigenvalue weighted by molar-refractivity contribution is 5.71. The molecule has 0 fully saturated rings. The summed E-state index contributed by atoms with van der Waals surface area (Å²) in [6.45, 7) is 14.0. The topological polar surface area (TPSA) is 119 Å². The number of esters is 1. The molecule has 4 unspecified atom stereocenters. The Hall–Kier alpha value is -2.12. The van der Waals surface area contributed by atoms with Gasteiger partial charge in [0.25, 0.3) is 0 Å². The van der Waals surface area contributed by atoms with Gasteiger partial charge in [-0.3, -0.25) is 4.79 Å². The van der Waals surface area contributed by atoms with E-state index in [0.717, 1.165) is 17.5 Å².